The van der Waals surface area contributed by atoms with Crippen LogP contribution in [0, 0.1) is 10.1 Å². The minimum atomic E-state index is -4.86. The predicted octanol–water partition coefficient (Wildman–Crippen LogP) is 1.03. The summed E-state index contributed by atoms with van der Waals surface area (Å²) in [6.45, 7) is -0.993. The van der Waals surface area contributed by atoms with Crippen LogP contribution in [0.4, 0.5) is 24.5 Å². The molecule has 0 radical (unpaired) electrons. The topological polar surface area (TPSA) is 118 Å². The maximum absolute atomic E-state index is 12.1. The van der Waals surface area contributed by atoms with Crippen LogP contribution < -0.4 is 11.1 Å². The molecule has 0 aromatic heterocycles. The van der Waals surface area contributed by atoms with Crippen LogP contribution in [0.15, 0.2) is 18.2 Å². The monoisotopic (exact) mass is 293 g/mol. The van der Waals surface area contributed by atoms with Crippen LogP contribution in [0.25, 0.3) is 0 Å². The second-order valence-corrected chi connectivity index (χ2v) is 3.79. The number of nitro benzene ring substituents is 1. The van der Waals surface area contributed by atoms with E-state index in [0.717, 1.165) is 18.2 Å². The number of rotatable bonds is 5. The van der Waals surface area contributed by atoms with Crippen molar-refractivity contribution in [3.8, 4) is 0 Å². The van der Waals surface area contributed by atoms with Gasteiger partial charge in [0.1, 0.15) is 5.69 Å². The Morgan fingerprint density at radius 3 is 2.55 bits per heavy atom. The van der Waals surface area contributed by atoms with Gasteiger partial charge in [0.15, 0.2) is 6.10 Å². The fourth-order valence-electron chi connectivity index (χ4n) is 1.31. The van der Waals surface area contributed by atoms with E-state index in [0.29, 0.717) is 0 Å². The number of hydrogen-bond donors (Lipinski definition) is 3. The Bertz CT molecular complexity index is 533. The summed E-state index contributed by atoms with van der Waals surface area (Å²) in [4.78, 5) is 20.8. The van der Waals surface area contributed by atoms with Crippen molar-refractivity contribution in [3.63, 3.8) is 0 Å². The number of nitrogens with zero attached hydrogens (tertiary/aromatic N) is 1. The third kappa shape index (κ3) is 3.82. The van der Waals surface area contributed by atoms with Crippen LogP contribution >= 0.6 is 0 Å². The number of anilines is 1. The third-order valence-electron chi connectivity index (χ3n) is 2.34. The average molecular weight is 293 g/mol. The van der Waals surface area contributed by atoms with E-state index in [-0.39, 0.29) is 11.3 Å². The smallest absolute Gasteiger partial charge is 0.382 e. The molecule has 1 unspecified atom stereocenters. The highest BCUT2D eigenvalue weighted by Gasteiger charge is 2.38. The van der Waals surface area contributed by atoms with E-state index < -0.39 is 35.3 Å². The first-order valence-electron chi connectivity index (χ1n) is 5.20. The van der Waals surface area contributed by atoms with Gasteiger partial charge in [-0.25, -0.2) is 0 Å². The summed E-state index contributed by atoms with van der Waals surface area (Å²) in [5.41, 5.74) is 3.98. The number of aliphatic hydroxyl groups excluding tert-OH is 1. The molecule has 20 heavy (non-hydrogen) atoms. The Kier molecular flexibility index (Phi) is 4.50. The molecule has 0 saturated carbocycles. The summed E-state index contributed by atoms with van der Waals surface area (Å²) in [6, 6.07) is 2.96. The molecule has 4 N–H and O–H groups in total. The lowest BCUT2D eigenvalue weighted by Crippen LogP contribution is -2.35. The molecule has 1 rings (SSSR count). The van der Waals surface area contributed by atoms with Crippen molar-refractivity contribution < 1.29 is 28.0 Å². The quantitative estimate of drug-likeness (QED) is 0.553. The van der Waals surface area contributed by atoms with Crippen molar-refractivity contribution in [1.29, 1.82) is 0 Å². The highest BCUT2D eigenvalue weighted by Crippen LogP contribution is 2.27. The van der Waals surface area contributed by atoms with Crippen LogP contribution in [0.5, 0.6) is 0 Å². The van der Waals surface area contributed by atoms with E-state index in [2.05, 4.69) is 5.32 Å². The molecule has 0 aliphatic rings. The summed E-state index contributed by atoms with van der Waals surface area (Å²) in [6.07, 6.45) is -7.55. The number of aliphatic hydroxyl groups is 1. The van der Waals surface area contributed by atoms with Gasteiger partial charge in [-0.2, -0.15) is 13.2 Å². The molecule has 0 spiro atoms. The molecule has 110 valence electrons. The van der Waals surface area contributed by atoms with Gasteiger partial charge >= 0.3 is 6.18 Å². The second-order valence-electron chi connectivity index (χ2n) is 3.79. The summed E-state index contributed by atoms with van der Waals surface area (Å²) in [5, 5.41) is 21.6. The average Bonchev–Trinajstić information content (AvgIpc) is 2.33. The molecule has 0 aliphatic carbocycles. The molecule has 0 heterocycles. The fourth-order valence-corrected chi connectivity index (χ4v) is 1.31. The Morgan fingerprint density at radius 2 is 2.10 bits per heavy atom. The predicted molar refractivity (Wildman–Crippen MR) is 62.2 cm³/mol. The number of halogens is 3. The zero-order valence-corrected chi connectivity index (χ0v) is 9.85. The van der Waals surface area contributed by atoms with E-state index in [1.807, 2.05) is 0 Å². The highest BCUT2D eigenvalue weighted by atomic mass is 19.4. The molecule has 0 fully saturated rings. The minimum Gasteiger partial charge on any atom is -0.382 e. The van der Waals surface area contributed by atoms with E-state index >= 15 is 0 Å². The Labute approximate surface area is 110 Å². The van der Waals surface area contributed by atoms with Crippen LogP contribution in [-0.2, 0) is 0 Å². The van der Waals surface area contributed by atoms with Crippen molar-refractivity contribution in [2.24, 2.45) is 5.73 Å². The molecule has 10 heteroatoms. The summed E-state index contributed by atoms with van der Waals surface area (Å²) >= 11 is 0. The lowest BCUT2D eigenvalue weighted by atomic mass is 10.1. The van der Waals surface area contributed by atoms with Crippen LogP contribution in [0.3, 0.4) is 0 Å². The van der Waals surface area contributed by atoms with Crippen molar-refractivity contribution in [3.05, 3.63) is 33.9 Å². The molecule has 0 aliphatic heterocycles. The molecule has 1 amide bonds. The van der Waals surface area contributed by atoms with E-state index in [1.54, 1.807) is 0 Å². The van der Waals surface area contributed by atoms with Crippen LogP contribution in [0.1, 0.15) is 10.4 Å². The van der Waals surface area contributed by atoms with Crippen molar-refractivity contribution >= 4 is 17.3 Å². The fraction of sp³-hybridized carbons (Fsp3) is 0.300. The van der Waals surface area contributed by atoms with E-state index in [1.165, 1.54) is 0 Å². The van der Waals surface area contributed by atoms with Gasteiger partial charge in [-0.15, -0.1) is 0 Å². The number of primary amides is 1. The molecule has 1 aromatic carbocycles. The number of nitrogens with one attached hydrogen (secondary N) is 1. The van der Waals surface area contributed by atoms with E-state index in [4.69, 9.17) is 10.8 Å². The highest BCUT2D eigenvalue weighted by molar-refractivity contribution is 5.94. The first-order valence-corrected chi connectivity index (χ1v) is 5.20. The molecule has 7 nitrogen and oxygen atoms in total. The molecule has 0 saturated heterocycles. The van der Waals surface area contributed by atoms with Gasteiger partial charge in [0.05, 0.1) is 4.92 Å². The van der Waals surface area contributed by atoms with Crippen molar-refractivity contribution in [1.82, 2.24) is 0 Å². The second kappa shape index (κ2) is 5.74. The molecule has 0 bridgehead atoms. The Balaban J connectivity index is 2.99. The van der Waals surface area contributed by atoms with Gasteiger partial charge in [-0.3, -0.25) is 14.9 Å². The van der Waals surface area contributed by atoms with E-state index in [9.17, 15) is 28.1 Å². The summed E-state index contributed by atoms with van der Waals surface area (Å²) in [5.74, 6) is -0.890. The summed E-state index contributed by atoms with van der Waals surface area (Å²) < 4.78 is 36.4. The molecular formula is C10H10F3N3O4. The maximum Gasteiger partial charge on any atom is 0.416 e. The lowest BCUT2D eigenvalue weighted by Gasteiger charge is -2.16. The molecule has 1 atom stereocenters. The van der Waals surface area contributed by atoms with Gasteiger partial charge < -0.3 is 16.2 Å². The SMILES string of the molecule is NC(=O)c1ccc([N+](=O)[O-])c(NCC(O)C(F)(F)F)c1. The van der Waals surface area contributed by atoms with Gasteiger partial charge in [0, 0.05) is 18.2 Å². The number of hydrogen-bond acceptors (Lipinski definition) is 5. The maximum atomic E-state index is 12.1. The summed E-state index contributed by atoms with van der Waals surface area (Å²) in [7, 11) is 0. The normalized spacial score (nSPS) is 12.8. The Morgan fingerprint density at radius 1 is 1.50 bits per heavy atom. The number of carbonyl (C=O) groups excluding carboxylic acids is 1. The minimum absolute atomic E-state index is 0.111. The zero-order chi connectivity index (χ0) is 15.5. The first-order chi connectivity index (χ1) is 9.12. The molecular weight excluding hydrogens is 283 g/mol. The standard InChI is InChI=1S/C10H10F3N3O4/c11-10(12,13)8(17)4-15-6-3-5(9(14)18)1-2-7(6)16(19)20/h1-3,8,15,17H,4H2,(H2,14,18). The lowest BCUT2D eigenvalue weighted by molar-refractivity contribution is -0.384. The van der Waals surface area contributed by atoms with Gasteiger partial charge in [0.25, 0.3) is 5.69 Å². The van der Waals surface area contributed by atoms with Crippen LogP contribution in [0.2, 0.25) is 0 Å². The Hall–Kier alpha value is -2.36. The van der Waals surface area contributed by atoms with Gasteiger partial charge in [-0.1, -0.05) is 0 Å². The van der Waals surface area contributed by atoms with Gasteiger partial charge in [0.2, 0.25) is 5.91 Å². The van der Waals surface area contributed by atoms with Crippen LogP contribution in [-0.4, -0.2) is 34.8 Å². The number of nitrogens with two attached hydrogens (primary N) is 1. The largest absolute Gasteiger partial charge is 0.416 e. The van der Waals surface area contributed by atoms with Crippen molar-refractivity contribution in [2.45, 2.75) is 12.3 Å². The number of nitro groups is 1. The number of alkyl halides is 3. The number of amides is 1. The number of benzene rings is 1. The number of carbonyl (C=O) groups is 1. The zero-order valence-electron chi connectivity index (χ0n) is 9.85. The van der Waals surface area contributed by atoms with Crippen molar-refractivity contribution in [2.75, 3.05) is 11.9 Å². The third-order valence-corrected chi connectivity index (χ3v) is 2.34. The first kappa shape index (κ1) is 15.7. The van der Waals surface area contributed by atoms with Gasteiger partial charge in [-0.05, 0) is 12.1 Å². The molecule has 1 aromatic rings.